The number of fused-ring (bicyclic) bond motifs is 13. The summed E-state index contributed by atoms with van der Waals surface area (Å²) in [6, 6.07) is 104. The molecule has 3 heteroatoms. The van der Waals surface area contributed by atoms with Crippen molar-refractivity contribution in [2.75, 3.05) is 0 Å². The summed E-state index contributed by atoms with van der Waals surface area (Å²) in [6.45, 7) is 0. The molecule has 17 aromatic rings. The van der Waals surface area contributed by atoms with Crippen molar-refractivity contribution in [3.05, 3.63) is 279 Å². The van der Waals surface area contributed by atoms with Crippen LogP contribution in [0.15, 0.2) is 279 Å². The molecule has 0 fully saturated rings. The standard InChI is InChI=1S/C76H46N2Se/c1-3-21-49(22-4-1)77-66-38-17-15-25-51(66)53-43-41-47(45-68(53)77)71-55-27-7-11-31-59(55)73(60-32-12-8-28-56(60)71)63-35-20-40-70-75(63)65-37-19-36-64(76(65)79-70)74-61-33-13-9-29-57(61)72(58-30-10-14-34-62(58)74)48-42-44-54-52-26-16-18-39-67(52)78(69(54)46-48)50-23-5-2-6-24-50/h1-46H. The Bertz CT molecular complexity index is 5250. The second kappa shape index (κ2) is 17.4. The van der Waals surface area contributed by atoms with Crippen LogP contribution in [0.25, 0.3) is 162 Å². The van der Waals surface area contributed by atoms with E-state index in [0.29, 0.717) is 0 Å². The third-order valence-electron chi connectivity index (χ3n) is 16.9. The van der Waals surface area contributed by atoms with Gasteiger partial charge in [0.05, 0.1) is 0 Å². The average Bonchev–Trinajstić information content (AvgIpc) is 4.31. The summed E-state index contributed by atoms with van der Waals surface area (Å²) in [6.07, 6.45) is 0. The van der Waals surface area contributed by atoms with E-state index in [1.165, 1.54) is 151 Å². The summed E-state index contributed by atoms with van der Waals surface area (Å²) < 4.78 is 7.74. The van der Waals surface area contributed by atoms with Crippen LogP contribution in [0.3, 0.4) is 0 Å². The molecule has 0 unspecified atom stereocenters. The fourth-order valence-electron chi connectivity index (χ4n) is 13.7. The van der Waals surface area contributed by atoms with Gasteiger partial charge >= 0.3 is 380 Å². The molecule has 0 bridgehead atoms. The van der Waals surface area contributed by atoms with Gasteiger partial charge in [-0.05, 0) is 18.2 Å². The van der Waals surface area contributed by atoms with Crippen LogP contribution in [0.2, 0.25) is 0 Å². The second-order valence-electron chi connectivity index (χ2n) is 21.0. The number of hydrogen-bond acceptors (Lipinski definition) is 0. The third-order valence-corrected chi connectivity index (χ3v) is 19.4. The van der Waals surface area contributed by atoms with Gasteiger partial charge in [0.25, 0.3) is 0 Å². The average molecular weight is 1070 g/mol. The smallest absolute Gasteiger partial charge is 0.0602 e. The van der Waals surface area contributed by atoms with Gasteiger partial charge in [-0.25, -0.2) is 0 Å². The Morgan fingerprint density at radius 1 is 0.228 bits per heavy atom. The van der Waals surface area contributed by atoms with Crippen molar-refractivity contribution in [3.63, 3.8) is 0 Å². The van der Waals surface area contributed by atoms with Crippen molar-refractivity contribution < 1.29 is 0 Å². The molecule has 0 saturated heterocycles. The van der Waals surface area contributed by atoms with E-state index >= 15 is 0 Å². The second-order valence-corrected chi connectivity index (χ2v) is 23.2. The molecule has 14 aromatic carbocycles. The maximum absolute atomic E-state index is 2.43. The summed E-state index contributed by atoms with van der Waals surface area (Å²) in [5, 5.41) is 17.9. The van der Waals surface area contributed by atoms with Gasteiger partial charge in [-0.2, -0.15) is 0 Å². The molecular weight excluding hydrogens is 1020 g/mol. The molecule has 0 spiro atoms. The number of rotatable bonds is 6. The van der Waals surface area contributed by atoms with Crippen molar-refractivity contribution in [3.8, 4) is 55.9 Å². The fraction of sp³-hybridized carbons (Fsp3) is 0. The molecule has 0 aliphatic rings. The zero-order valence-corrected chi connectivity index (χ0v) is 44.6. The quantitative estimate of drug-likeness (QED) is 0.116. The van der Waals surface area contributed by atoms with Crippen molar-refractivity contribution in [1.29, 1.82) is 0 Å². The number of hydrogen-bond donors (Lipinski definition) is 0. The van der Waals surface area contributed by atoms with Gasteiger partial charge in [0.1, 0.15) is 0 Å². The minimum Gasteiger partial charge on any atom is -0.0602 e. The Morgan fingerprint density at radius 3 is 1.03 bits per heavy atom. The Balaban J connectivity index is 0.882. The van der Waals surface area contributed by atoms with Crippen LogP contribution in [0.4, 0.5) is 0 Å². The fourth-order valence-corrected chi connectivity index (χ4v) is 16.3. The molecule has 2 nitrogen and oxygen atoms in total. The van der Waals surface area contributed by atoms with Crippen molar-refractivity contribution in [2.45, 2.75) is 0 Å². The molecule has 0 aliphatic carbocycles. The monoisotopic (exact) mass is 1070 g/mol. The molecule has 0 radical (unpaired) electrons. The summed E-state index contributed by atoms with van der Waals surface area (Å²) in [4.78, 5) is 0. The molecule has 3 heterocycles. The van der Waals surface area contributed by atoms with Crippen LogP contribution in [0, 0.1) is 0 Å². The van der Waals surface area contributed by atoms with Crippen LogP contribution in [0.5, 0.6) is 0 Å². The van der Waals surface area contributed by atoms with Crippen molar-refractivity contribution >= 4 is 120 Å². The number of para-hydroxylation sites is 4. The van der Waals surface area contributed by atoms with Crippen LogP contribution < -0.4 is 0 Å². The van der Waals surface area contributed by atoms with Crippen LogP contribution in [0.1, 0.15) is 0 Å². The van der Waals surface area contributed by atoms with Gasteiger partial charge in [0, 0.05) is 0 Å². The van der Waals surface area contributed by atoms with E-state index in [-0.39, 0.29) is 14.5 Å². The first kappa shape index (κ1) is 44.4. The van der Waals surface area contributed by atoms with Gasteiger partial charge < -0.3 is 0 Å². The zero-order valence-electron chi connectivity index (χ0n) is 42.9. The van der Waals surface area contributed by atoms with Gasteiger partial charge in [-0.3, -0.25) is 0 Å². The van der Waals surface area contributed by atoms with Gasteiger partial charge in [0.15, 0.2) is 0 Å². The molecule has 366 valence electrons. The Kier molecular flexibility index (Phi) is 9.76. The number of aromatic nitrogens is 2. The molecule has 17 rings (SSSR count). The zero-order chi connectivity index (χ0) is 51.7. The SMILES string of the molecule is c1ccc(-n2c3ccccc3c3ccc(-c4c5ccccc5c(-c5cccc6c5[se]c5cccc(-c7c8ccccc8c(-c8ccc9c%10ccccc%10n(-c%10ccccc%10)c9c8)c8ccccc78)c56)c5ccccc45)cc32)cc1. The van der Waals surface area contributed by atoms with E-state index in [9.17, 15) is 0 Å². The summed E-state index contributed by atoms with van der Waals surface area (Å²) in [5.74, 6) is 0. The van der Waals surface area contributed by atoms with E-state index in [1.807, 2.05) is 0 Å². The van der Waals surface area contributed by atoms with Gasteiger partial charge in [-0.15, -0.1) is 0 Å². The molecule has 0 amide bonds. The molecular formula is C76H46N2Se. The van der Waals surface area contributed by atoms with E-state index in [1.54, 1.807) is 0 Å². The Hall–Kier alpha value is -9.76. The predicted molar refractivity (Wildman–Crippen MR) is 339 cm³/mol. The van der Waals surface area contributed by atoms with Crippen LogP contribution in [-0.2, 0) is 0 Å². The molecule has 0 aliphatic heterocycles. The van der Waals surface area contributed by atoms with E-state index in [4.69, 9.17) is 0 Å². The first-order chi connectivity index (χ1) is 39.2. The van der Waals surface area contributed by atoms with E-state index in [2.05, 4.69) is 288 Å². The predicted octanol–water partition coefficient (Wildman–Crippen LogP) is 20.5. The molecule has 0 atom stereocenters. The summed E-state index contributed by atoms with van der Waals surface area (Å²) in [7, 11) is 0. The van der Waals surface area contributed by atoms with Gasteiger partial charge in [-0.1, -0.05) is 66.7 Å². The van der Waals surface area contributed by atoms with Crippen LogP contribution >= 0.6 is 0 Å². The minimum atomic E-state index is 0.0478. The molecule has 79 heavy (non-hydrogen) atoms. The molecule has 3 aromatic heterocycles. The summed E-state index contributed by atoms with van der Waals surface area (Å²) >= 11 is 0.0478. The van der Waals surface area contributed by atoms with E-state index < -0.39 is 0 Å². The first-order valence-electron chi connectivity index (χ1n) is 27.2. The first-order valence-corrected chi connectivity index (χ1v) is 29.0. The number of benzene rings is 14. The normalized spacial score (nSPS) is 12.1. The van der Waals surface area contributed by atoms with Crippen LogP contribution in [-0.4, -0.2) is 23.6 Å². The number of nitrogens with zero attached hydrogens (tertiary/aromatic N) is 2. The Labute approximate surface area is 461 Å². The minimum absolute atomic E-state index is 0.0478. The van der Waals surface area contributed by atoms with E-state index in [0.717, 1.165) is 11.4 Å². The van der Waals surface area contributed by atoms with Crippen molar-refractivity contribution in [2.24, 2.45) is 0 Å². The maximum atomic E-state index is 2.43. The van der Waals surface area contributed by atoms with Gasteiger partial charge in [0.2, 0.25) is 0 Å². The topological polar surface area (TPSA) is 9.86 Å². The van der Waals surface area contributed by atoms with Crippen molar-refractivity contribution in [1.82, 2.24) is 9.13 Å². The Morgan fingerprint density at radius 2 is 0.570 bits per heavy atom. The third kappa shape index (κ3) is 6.52. The summed E-state index contributed by atoms with van der Waals surface area (Å²) in [5.41, 5.74) is 17.4. The molecule has 0 saturated carbocycles. The molecule has 0 N–H and O–H groups in total.